The van der Waals surface area contributed by atoms with Gasteiger partial charge in [-0.15, -0.1) is 11.3 Å². The fourth-order valence-corrected chi connectivity index (χ4v) is 5.87. The first-order valence-corrected chi connectivity index (χ1v) is 11.3. The SMILES string of the molecule is c1ccc(-n2ccc3ccc4c5ccccc5n(-c5cc6ccccc6s5)c4c32)cc1. The molecule has 0 atom stereocenters. The molecule has 0 aliphatic carbocycles. The summed E-state index contributed by atoms with van der Waals surface area (Å²) in [4.78, 5) is 0. The van der Waals surface area contributed by atoms with Crippen LogP contribution in [0.2, 0.25) is 0 Å². The summed E-state index contributed by atoms with van der Waals surface area (Å²) in [5, 5.41) is 6.37. The predicted octanol–water partition coefficient (Wildman–Crippen LogP) is 7.94. The fourth-order valence-electron chi connectivity index (χ4n) is 4.78. The summed E-state index contributed by atoms with van der Waals surface area (Å²) in [5.74, 6) is 0. The van der Waals surface area contributed by atoms with Crippen molar-refractivity contribution in [3.8, 4) is 10.7 Å². The second-order valence-electron chi connectivity index (χ2n) is 7.90. The first kappa shape index (κ1) is 16.9. The molecule has 3 heterocycles. The molecule has 0 N–H and O–H groups in total. The van der Waals surface area contributed by atoms with Crippen molar-refractivity contribution in [3.63, 3.8) is 0 Å². The highest BCUT2D eigenvalue weighted by Gasteiger charge is 2.18. The van der Waals surface area contributed by atoms with Gasteiger partial charge in [-0.05, 0) is 41.8 Å². The largest absolute Gasteiger partial charge is 0.315 e. The van der Waals surface area contributed by atoms with Gasteiger partial charge in [-0.25, -0.2) is 0 Å². The summed E-state index contributed by atoms with van der Waals surface area (Å²) >= 11 is 1.85. The average Bonchev–Trinajstić information content (AvgIpc) is 3.52. The van der Waals surface area contributed by atoms with E-state index in [2.05, 4.69) is 118 Å². The molecule has 0 fully saturated rings. The number of hydrogen-bond acceptors (Lipinski definition) is 1. The van der Waals surface area contributed by atoms with E-state index in [0.29, 0.717) is 0 Å². The zero-order chi connectivity index (χ0) is 20.4. The quantitative estimate of drug-likeness (QED) is 0.272. The van der Waals surface area contributed by atoms with Gasteiger partial charge in [-0.2, -0.15) is 0 Å². The Balaban J connectivity index is 1.70. The van der Waals surface area contributed by atoms with Crippen molar-refractivity contribution in [1.82, 2.24) is 9.13 Å². The molecule has 0 amide bonds. The Bertz CT molecular complexity index is 1700. The standard InChI is InChI=1S/C28H18N2S/c1-2-9-21(10-3-1)29-17-16-19-14-15-23-22-11-5-6-12-24(22)30(28(23)27(19)29)26-18-20-8-4-7-13-25(20)31-26/h1-18H. The Morgan fingerprint density at radius 3 is 2.29 bits per heavy atom. The second kappa shape index (κ2) is 6.34. The highest BCUT2D eigenvalue weighted by Crippen LogP contribution is 2.40. The van der Waals surface area contributed by atoms with Gasteiger partial charge >= 0.3 is 0 Å². The normalized spacial score (nSPS) is 11.9. The number of rotatable bonds is 2. The third-order valence-electron chi connectivity index (χ3n) is 6.15. The summed E-state index contributed by atoms with van der Waals surface area (Å²) in [6, 6.07) is 37.1. The van der Waals surface area contributed by atoms with Crippen molar-refractivity contribution in [2.24, 2.45) is 0 Å². The maximum absolute atomic E-state index is 2.46. The molecule has 0 saturated carbocycles. The van der Waals surface area contributed by atoms with Crippen LogP contribution in [0.15, 0.2) is 109 Å². The van der Waals surface area contributed by atoms with Crippen molar-refractivity contribution < 1.29 is 0 Å². The molecule has 4 aromatic carbocycles. The minimum atomic E-state index is 1.18. The summed E-state index contributed by atoms with van der Waals surface area (Å²) in [5.41, 5.74) is 4.94. The molecule has 0 aliphatic rings. The van der Waals surface area contributed by atoms with Crippen molar-refractivity contribution in [3.05, 3.63) is 109 Å². The van der Waals surface area contributed by atoms with Gasteiger partial charge in [0.2, 0.25) is 0 Å². The van der Waals surface area contributed by atoms with E-state index in [4.69, 9.17) is 0 Å². The van der Waals surface area contributed by atoms with Crippen LogP contribution < -0.4 is 0 Å². The van der Waals surface area contributed by atoms with Gasteiger partial charge in [0.25, 0.3) is 0 Å². The van der Waals surface area contributed by atoms with Crippen molar-refractivity contribution in [2.45, 2.75) is 0 Å². The average molecular weight is 415 g/mol. The lowest BCUT2D eigenvalue weighted by molar-refractivity contribution is 1.12. The molecule has 31 heavy (non-hydrogen) atoms. The van der Waals surface area contributed by atoms with Gasteiger partial charge in [-0.3, -0.25) is 4.57 Å². The van der Waals surface area contributed by atoms with E-state index in [9.17, 15) is 0 Å². The van der Waals surface area contributed by atoms with E-state index in [0.717, 1.165) is 0 Å². The zero-order valence-electron chi connectivity index (χ0n) is 16.7. The van der Waals surface area contributed by atoms with Crippen LogP contribution in [0.1, 0.15) is 0 Å². The van der Waals surface area contributed by atoms with Crippen molar-refractivity contribution in [2.75, 3.05) is 0 Å². The lowest BCUT2D eigenvalue weighted by atomic mass is 10.1. The van der Waals surface area contributed by atoms with Crippen LogP contribution in [-0.4, -0.2) is 9.13 Å². The molecule has 0 bridgehead atoms. The lowest BCUT2D eigenvalue weighted by Gasteiger charge is -2.10. The molecule has 0 saturated heterocycles. The molecule has 3 aromatic heterocycles. The molecule has 7 aromatic rings. The van der Waals surface area contributed by atoms with Gasteiger partial charge in [-0.1, -0.05) is 66.7 Å². The number of nitrogens with zero attached hydrogens (tertiary/aromatic N) is 2. The number of fused-ring (bicyclic) bond motifs is 6. The zero-order valence-corrected chi connectivity index (χ0v) is 17.5. The Hall–Kier alpha value is -3.82. The van der Waals surface area contributed by atoms with Crippen LogP contribution in [0.3, 0.4) is 0 Å². The number of aromatic nitrogens is 2. The molecule has 0 radical (unpaired) electrons. The van der Waals surface area contributed by atoms with Crippen molar-refractivity contribution >= 4 is 54.1 Å². The molecule has 0 spiro atoms. The summed E-state index contributed by atoms with van der Waals surface area (Å²) in [6.07, 6.45) is 2.19. The van der Waals surface area contributed by atoms with E-state index in [1.165, 1.54) is 53.5 Å². The van der Waals surface area contributed by atoms with Gasteiger partial charge in [0, 0.05) is 32.7 Å². The highest BCUT2D eigenvalue weighted by atomic mass is 32.1. The van der Waals surface area contributed by atoms with E-state index in [1.807, 2.05) is 11.3 Å². The Morgan fingerprint density at radius 1 is 0.581 bits per heavy atom. The molecule has 0 unspecified atom stereocenters. The van der Waals surface area contributed by atoms with Crippen LogP contribution in [-0.2, 0) is 0 Å². The topological polar surface area (TPSA) is 9.86 Å². The van der Waals surface area contributed by atoms with Crippen LogP contribution in [0, 0.1) is 0 Å². The first-order valence-electron chi connectivity index (χ1n) is 10.5. The smallest absolute Gasteiger partial charge is 0.101 e. The number of para-hydroxylation sites is 2. The molecule has 2 nitrogen and oxygen atoms in total. The maximum Gasteiger partial charge on any atom is 0.101 e. The first-order chi connectivity index (χ1) is 15.4. The van der Waals surface area contributed by atoms with Crippen molar-refractivity contribution in [1.29, 1.82) is 0 Å². The Kier molecular flexibility index (Phi) is 3.46. The molecule has 0 aliphatic heterocycles. The van der Waals surface area contributed by atoms with Crippen LogP contribution in [0.4, 0.5) is 0 Å². The monoisotopic (exact) mass is 414 g/mol. The van der Waals surface area contributed by atoms with Gasteiger partial charge in [0.1, 0.15) is 5.00 Å². The highest BCUT2D eigenvalue weighted by molar-refractivity contribution is 7.21. The van der Waals surface area contributed by atoms with E-state index < -0.39 is 0 Å². The third kappa shape index (κ3) is 2.38. The van der Waals surface area contributed by atoms with E-state index >= 15 is 0 Å². The minimum Gasteiger partial charge on any atom is -0.315 e. The molecule has 3 heteroatoms. The number of hydrogen-bond donors (Lipinski definition) is 0. The van der Waals surface area contributed by atoms with Crippen LogP contribution in [0.25, 0.3) is 53.5 Å². The second-order valence-corrected chi connectivity index (χ2v) is 8.96. The van der Waals surface area contributed by atoms with E-state index in [1.54, 1.807) is 0 Å². The van der Waals surface area contributed by atoms with Crippen LogP contribution in [0.5, 0.6) is 0 Å². The molecule has 7 rings (SSSR count). The fraction of sp³-hybridized carbons (Fsp3) is 0. The summed E-state index contributed by atoms with van der Waals surface area (Å²) in [6.45, 7) is 0. The lowest BCUT2D eigenvalue weighted by Crippen LogP contribution is -1.96. The molecular formula is C28H18N2S. The van der Waals surface area contributed by atoms with E-state index in [-0.39, 0.29) is 0 Å². The Labute approximate surface area is 183 Å². The van der Waals surface area contributed by atoms with Gasteiger partial charge < -0.3 is 4.57 Å². The summed E-state index contributed by atoms with van der Waals surface area (Å²) < 4.78 is 6.09. The van der Waals surface area contributed by atoms with Crippen LogP contribution >= 0.6 is 11.3 Å². The molecule has 146 valence electrons. The van der Waals surface area contributed by atoms with Gasteiger partial charge in [0.05, 0.1) is 16.6 Å². The minimum absolute atomic E-state index is 1.18. The van der Waals surface area contributed by atoms with Gasteiger partial charge in [0.15, 0.2) is 0 Å². The predicted molar refractivity (Wildman–Crippen MR) is 133 cm³/mol. The third-order valence-corrected chi connectivity index (χ3v) is 7.25. The maximum atomic E-state index is 2.46. The summed E-state index contributed by atoms with van der Waals surface area (Å²) in [7, 11) is 0. The molecular weight excluding hydrogens is 396 g/mol. The number of benzene rings is 4. The number of thiophene rings is 1. The Morgan fingerprint density at radius 2 is 1.39 bits per heavy atom.